The van der Waals surface area contributed by atoms with Crippen LogP contribution in [0.25, 0.3) is 0 Å². The average Bonchev–Trinajstić information content (AvgIpc) is 3.15. The number of hydrogen-bond acceptors (Lipinski definition) is 6. The Morgan fingerprint density at radius 3 is 2.11 bits per heavy atom. The predicted octanol–water partition coefficient (Wildman–Crippen LogP) is 6.63. The van der Waals surface area contributed by atoms with E-state index in [4.69, 9.17) is 4.74 Å². The summed E-state index contributed by atoms with van der Waals surface area (Å²) in [5, 5.41) is 11.0. The van der Waals surface area contributed by atoms with E-state index >= 15 is 0 Å². The minimum absolute atomic E-state index is 0.0385. The Balaban J connectivity index is 1.69. The molecule has 2 atom stereocenters. The highest BCUT2D eigenvalue weighted by molar-refractivity contribution is 6.12. The Bertz CT molecular complexity index is 1810. The molecule has 4 aromatic rings. The van der Waals surface area contributed by atoms with Gasteiger partial charge in [0.15, 0.2) is 0 Å². The number of amides is 2. The minimum atomic E-state index is -1.04. The molecule has 0 spiro atoms. The Morgan fingerprint density at radius 2 is 1.50 bits per heavy atom. The number of esters is 1. The Labute approximate surface area is 267 Å². The van der Waals surface area contributed by atoms with Crippen LogP contribution < -0.4 is 4.90 Å². The highest BCUT2D eigenvalue weighted by Gasteiger charge is 2.45. The first-order chi connectivity index (χ1) is 22.2. The molecule has 0 saturated heterocycles. The molecule has 0 saturated carbocycles. The third kappa shape index (κ3) is 6.66. The van der Waals surface area contributed by atoms with Crippen molar-refractivity contribution in [3.05, 3.63) is 141 Å². The van der Waals surface area contributed by atoms with Gasteiger partial charge >= 0.3 is 5.97 Å². The van der Waals surface area contributed by atoms with Crippen LogP contribution in [0.3, 0.4) is 0 Å². The molecule has 2 unspecified atom stereocenters. The van der Waals surface area contributed by atoms with Crippen LogP contribution in [0.2, 0.25) is 0 Å². The molecule has 2 amide bonds. The van der Waals surface area contributed by atoms with E-state index in [9.17, 15) is 24.5 Å². The van der Waals surface area contributed by atoms with E-state index in [0.29, 0.717) is 27.9 Å². The molecule has 1 aliphatic heterocycles. The number of non-ortho nitro benzene ring substituents is 1. The van der Waals surface area contributed by atoms with Crippen molar-refractivity contribution >= 4 is 29.2 Å². The van der Waals surface area contributed by atoms with E-state index in [2.05, 4.69) is 11.8 Å². The second kappa shape index (κ2) is 13.9. The largest absolute Gasteiger partial charge is 0.466 e. The van der Waals surface area contributed by atoms with Crippen molar-refractivity contribution in [1.82, 2.24) is 4.90 Å². The van der Waals surface area contributed by atoms with Gasteiger partial charge in [-0.05, 0) is 62.2 Å². The number of hydrogen-bond donors (Lipinski definition) is 0. The molecule has 9 nitrogen and oxygen atoms in total. The van der Waals surface area contributed by atoms with Crippen molar-refractivity contribution in [3.63, 3.8) is 0 Å². The van der Waals surface area contributed by atoms with E-state index in [0.717, 1.165) is 0 Å². The van der Waals surface area contributed by atoms with Gasteiger partial charge < -0.3 is 14.5 Å². The number of benzene rings is 4. The van der Waals surface area contributed by atoms with Gasteiger partial charge in [-0.1, -0.05) is 72.5 Å². The van der Waals surface area contributed by atoms with Gasteiger partial charge in [0.05, 0.1) is 35.2 Å². The number of anilines is 1. The first-order valence-electron chi connectivity index (χ1n) is 15.0. The summed E-state index contributed by atoms with van der Waals surface area (Å²) in [4.78, 5) is 56.3. The normalized spacial score (nSPS) is 15.0. The van der Waals surface area contributed by atoms with Crippen molar-refractivity contribution < 1.29 is 24.0 Å². The second-order valence-electron chi connectivity index (χ2n) is 11.0. The van der Waals surface area contributed by atoms with E-state index in [-0.39, 0.29) is 36.2 Å². The highest BCUT2D eigenvalue weighted by atomic mass is 16.6. The summed E-state index contributed by atoms with van der Waals surface area (Å²) in [5.74, 6) is 4.83. The Hall–Kier alpha value is -5.75. The molecule has 9 heteroatoms. The lowest BCUT2D eigenvalue weighted by atomic mass is 9.95. The fourth-order valence-corrected chi connectivity index (χ4v) is 5.65. The molecule has 4 aromatic carbocycles. The van der Waals surface area contributed by atoms with E-state index in [1.165, 1.54) is 17.0 Å². The van der Waals surface area contributed by atoms with Crippen LogP contribution in [-0.4, -0.2) is 40.3 Å². The molecule has 5 rings (SSSR count). The fraction of sp³-hybridized carbons (Fsp3) is 0.216. The molecule has 0 aliphatic carbocycles. The standard InChI is InChI=1S/C37H33N3O6/c1-4-46-34(41)24-33(28-11-7-5-8-12-28)39-35(29-13-9-6-10-14-29)37(43)38(25(2)3)32-22-19-27(23-31(32)36(39)42)16-15-26-17-20-30(21-18-26)40(44)45/h5-14,17-23,25,33,35H,4,24H2,1-3H3. The predicted molar refractivity (Wildman–Crippen MR) is 174 cm³/mol. The summed E-state index contributed by atoms with van der Waals surface area (Å²) < 4.78 is 5.33. The summed E-state index contributed by atoms with van der Waals surface area (Å²) in [6.45, 7) is 5.67. The Kier molecular flexibility index (Phi) is 9.58. The zero-order chi connectivity index (χ0) is 32.8. The fourth-order valence-electron chi connectivity index (χ4n) is 5.65. The van der Waals surface area contributed by atoms with Gasteiger partial charge in [-0.25, -0.2) is 0 Å². The number of nitro benzene ring substituents is 1. The van der Waals surface area contributed by atoms with Crippen molar-refractivity contribution in [2.45, 2.75) is 45.3 Å². The number of rotatable bonds is 8. The first-order valence-corrected chi connectivity index (χ1v) is 15.0. The van der Waals surface area contributed by atoms with Crippen molar-refractivity contribution in [3.8, 4) is 11.8 Å². The van der Waals surface area contributed by atoms with Crippen LogP contribution >= 0.6 is 0 Å². The lowest BCUT2D eigenvalue weighted by molar-refractivity contribution is -0.384. The highest BCUT2D eigenvalue weighted by Crippen LogP contribution is 2.42. The molecule has 232 valence electrons. The van der Waals surface area contributed by atoms with Crippen molar-refractivity contribution in [1.29, 1.82) is 0 Å². The monoisotopic (exact) mass is 615 g/mol. The smallest absolute Gasteiger partial charge is 0.308 e. The van der Waals surface area contributed by atoms with E-state index in [1.807, 2.05) is 74.5 Å². The molecule has 0 aromatic heterocycles. The van der Waals surface area contributed by atoms with Gasteiger partial charge in [-0.3, -0.25) is 24.5 Å². The molecular weight excluding hydrogens is 582 g/mol. The number of nitrogens with zero attached hydrogens (tertiary/aromatic N) is 3. The second-order valence-corrected chi connectivity index (χ2v) is 11.0. The van der Waals surface area contributed by atoms with E-state index < -0.39 is 28.9 Å². The number of fused-ring (bicyclic) bond motifs is 1. The summed E-state index contributed by atoms with van der Waals surface area (Å²) >= 11 is 0. The summed E-state index contributed by atoms with van der Waals surface area (Å²) in [7, 11) is 0. The Morgan fingerprint density at radius 1 is 0.891 bits per heavy atom. The molecule has 46 heavy (non-hydrogen) atoms. The molecule has 0 fully saturated rings. The van der Waals surface area contributed by atoms with Gasteiger partial charge in [-0.2, -0.15) is 0 Å². The summed E-state index contributed by atoms with van der Waals surface area (Å²) in [6.07, 6.45) is -0.156. The number of carbonyl (C=O) groups is 3. The summed E-state index contributed by atoms with van der Waals surface area (Å²) in [6, 6.07) is 27.1. The van der Waals surface area contributed by atoms with Crippen LogP contribution in [0.4, 0.5) is 11.4 Å². The maximum absolute atomic E-state index is 14.9. The van der Waals surface area contributed by atoms with Gasteiger partial charge in [0.2, 0.25) is 0 Å². The molecule has 1 aliphatic rings. The van der Waals surface area contributed by atoms with E-state index in [1.54, 1.807) is 42.2 Å². The van der Waals surface area contributed by atoms with Gasteiger partial charge in [0.1, 0.15) is 6.04 Å². The van der Waals surface area contributed by atoms with Crippen LogP contribution in [0.5, 0.6) is 0 Å². The SMILES string of the molecule is CCOC(=O)CC(c1ccccc1)N1C(=O)c2cc(C#Cc3ccc([N+](=O)[O-])cc3)ccc2N(C(C)C)C(=O)C1c1ccccc1. The van der Waals surface area contributed by atoms with Gasteiger partial charge in [0.25, 0.3) is 17.5 Å². The zero-order valence-electron chi connectivity index (χ0n) is 25.8. The average molecular weight is 616 g/mol. The number of nitro groups is 1. The molecule has 0 bridgehead atoms. The van der Waals surface area contributed by atoms with Gasteiger partial charge in [-0.15, -0.1) is 0 Å². The number of ether oxygens (including phenoxy) is 1. The topological polar surface area (TPSA) is 110 Å². The zero-order valence-corrected chi connectivity index (χ0v) is 25.8. The third-order valence-corrected chi connectivity index (χ3v) is 7.72. The molecule has 0 N–H and O–H groups in total. The van der Waals surface area contributed by atoms with Gasteiger partial charge in [0, 0.05) is 29.3 Å². The third-order valence-electron chi connectivity index (χ3n) is 7.72. The van der Waals surface area contributed by atoms with Crippen LogP contribution in [0.1, 0.15) is 71.9 Å². The quantitative estimate of drug-likeness (QED) is 0.0953. The maximum Gasteiger partial charge on any atom is 0.308 e. The molecular formula is C37H33N3O6. The van der Waals surface area contributed by atoms with Crippen molar-refractivity contribution in [2.24, 2.45) is 0 Å². The van der Waals surface area contributed by atoms with Crippen LogP contribution in [0.15, 0.2) is 103 Å². The van der Waals surface area contributed by atoms with Crippen LogP contribution in [0, 0.1) is 22.0 Å². The van der Waals surface area contributed by atoms with Crippen LogP contribution in [-0.2, 0) is 14.3 Å². The maximum atomic E-state index is 14.9. The summed E-state index contributed by atoms with van der Waals surface area (Å²) in [5.41, 5.74) is 3.05. The first kappa shape index (κ1) is 31.7. The number of carbonyl (C=O) groups excluding carboxylic acids is 3. The lowest BCUT2D eigenvalue weighted by Gasteiger charge is -2.37. The molecule has 0 radical (unpaired) electrons. The van der Waals surface area contributed by atoms with Crippen molar-refractivity contribution in [2.75, 3.05) is 11.5 Å². The minimum Gasteiger partial charge on any atom is -0.466 e. The molecule has 1 heterocycles. The lowest BCUT2D eigenvalue weighted by Crippen LogP contribution is -2.46.